The van der Waals surface area contributed by atoms with Gasteiger partial charge in [0, 0.05) is 11.6 Å². The summed E-state index contributed by atoms with van der Waals surface area (Å²) in [4.78, 5) is 25.7. The topological polar surface area (TPSA) is 65.1 Å². The number of benzene rings is 1. The molecule has 0 N–H and O–H groups in total. The molecule has 0 bridgehead atoms. The predicted octanol–water partition coefficient (Wildman–Crippen LogP) is 2.69. The van der Waals surface area contributed by atoms with Crippen molar-refractivity contribution in [2.24, 2.45) is 0 Å². The average molecular weight is 335 g/mol. The van der Waals surface area contributed by atoms with Gasteiger partial charge in [0.05, 0.1) is 27.9 Å². The van der Waals surface area contributed by atoms with Gasteiger partial charge in [-0.15, -0.1) is 0 Å². The lowest BCUT2D eigenvalue weighted by Crippen LogP contribution is -2.39. The molecule has 6 nitrogen and oxygen atoms in total. The minimum atomic E-state index is -0.146. The SMILES string of the molecule is COc1cc(C(=O)CN(C=O)C2CCCCC2)cc(OC)c1OC. The van der Waals surface area contributed by atoms with Crippen molar-refractivity contribution in [1.29, 1.82) is 0 Å². The molecule has 0 aliphatic heterocycles. The van der Waals surface area contributed by atoms with Gasteiger partial charge in [-0.1, -0.05) is 19.3 Å². The Morgan fingerprint density at radius 3 is 2.12 bits per heavy atom. The van der Waals surface area contributed by atoms with E-state index in [9.17, 15) is 9.59 Å². The highest BCUT2D eigenvalue weighted by molar-refractivity contribution is 5.99. The summed E-state index contributed by atoms with van der Waals surface area (Å²) < 4.78 is 15.8. The Morgan fingerprint density at radius 2 is 1.67 bits per heavy atom. The van der Waals surface area contributed by atoms with Crippen LogP contribution in [0.2, 0.25) is 0 Å². The molecule has 0 spiro atoms. The van der Waals surface area contributed by atoms with E-state index in [-0.39, 0.29) is 18.4 Å². The van der Waals surface area contributed by atoms with Crippen LogP contribution in [-0.4, -0.2) is 51.0 Å². The quantitative estimate of drug-likeness (QED) is 0.540. The van der Waals surface area contributed by atoms with Crippen LogP contribution in [0.4, 0.5) is 0 Å². The van der Waals surface area contributed by atoms with Gasteiger partial charge in [0.15, 0.2) is 17.3 Å². The summed E-state index contributed by atoms with van der Waals surface area (Å²) in [7, 11) is 4.52. The van der Waals surface area contributed by atoms with E-state index in [0.717, 1.165) is 32.1 Å². The molecule has 2 rings (SSSR count). The normalized spacial score (nSPS) is 14.8. The van der Waals surface area contributed by atoms with Crippen molar-refractivity contribution in [3.63, 3.8) is 0 Å². The Morgan fingerprint density at radius 1 is 1.08 bits per heavy atom. The first-order valence-electron chi connectivity index (χ1n) is 8.18. The zero-order valence-electron chi connectivity index (χ0n) is 14.5. The zero-order valence-corrected chi connectivity index (χ0v) is 14.5. The number of ether oxygens (including phenoxy) is 3. The number of nitrogens with zero attached hydrogens (tertiary/aromatic N) is 1. The van der Waals surface area contributed by atoms with Gasteiger partial charge >= 0.3 is 0 Å². The lowest BCUT2D eigenvalue weighted by atomic mass is 9.94. The average Bonchev–Trinajstić information content (AvgIpc) is 2.65. The van der Waals surface area contributed by atoms with E-state index in [1.54, 1.807) is 17.0 Å². The Kier molecular flexibility index (Phi) is 6.46. The van der Waals surface area contributed by atoms with E-state index in [1.165, 1.54) is 27.8 Å². The fraction of sp³-hybridized carbons (Fsp3) is 0.556. The molecular weight excluding hydrogens is 310 g/mol. The number of hydrogen-bond donors (Lipinski definition) is 0. The van der Waals surface area contributed by atoms with Crippen molar-refractivity contribution < 1.29 is 23.8 Å². The molecule has 1 fully saturated rings. The van der Waals surface area contributed by atoms with Crippen molar-refractivity contribution in [1.82, 2.24) is 4.90 Å². The number of amides is 1. The maximum Gasteiger partial charge on any atom is 0.210 e. The summed E-state index contributed by atoms with van der Waals surface area (Å²) in [6, 6.07) is 3.39. The van der Waals surface area contributed by atoms with Crippen LogP contribution in [0.5, 0.6) is 17.2 Å². The fourth-order valence-corrected chi connectivity index (χ4v) is 3.16. The molecule has 0 atom stereocenters. The summed E-state index contributed by atoms with van der Waals surface area (Å²) in [6.07, 6.45) is 6.11. The lowest BCUT2D eigenvalue weighted by Gasteiger charge is -2.30. The van der Waals surface area contributed by atoms with Gasteiger partial charge in [-0.3, -0.25) is 9.59 Å². The maximum atomic E-state index is 12.6. The van der Waals surface area contributed by atoms with Gasteiger partial charge in [-0.2, -0.15) is 0 Å². The molecule has 1 aromatic rings. The maximum absolute atomic E-state index is 12.6. The van der Waals surface area contributed by atoms with Crippen LogP contribution in [-0.2, 0) is 4.79 Å². The van der Waals surface area contributed by atoms with E-state index in [0.29, 0.717) is 22.8 Å². The van der Waals surface area contributed by atoms with E-state index in [1.807, 2.05) is 0 Å². The smallest absolute Gasteiger partial charge is 0.210 e. The van der Waals surface area contributed by atoms with Crippen molar-refractivity contribution in [2.45, 2.75) is 38.1 Å². The summed E-state index contributed by atoms with van der Waals surface area (Å²) in [6.45, 7) is 0.0623. The summed E-state index contributed by atoms with van der Waals surface area (Å²) in [5.74, 6) is 1.15. The summed E-state index contributed by atoms with van der Waals surface area (Å²) in [5, 5.41) is 0. The van der Waals surface area contributed by atoms with E-state index < -0.39 is 0 Å². The molecule has 0 radical (unpaired) electrons. The van der Waals surface area contributed by atoms with E-state index in [4.69, 9.17) is 14.2 Å². The Labute approximate surface area is 142 Å². The highest BCUT2D eigenvalue weighted by atomic mass is 16.5. The number of hydrogen-bond acceptors (Lipinski definition) is 5. The molecule has 132 valence electrons. The van der Waals surface area contributed by atoms with Crippen LogP contribution in [0, 0.1) is 0 Å². The third-order valence-electron chi connectivity index (χ3n) is 4.49. The third-order valence-corrected chi connectivity index (χ3v) is 4.49. The lowest BCUT2D eigenvalue weighted by molar-refractivity contribution is -0.120. The minimum Gasteiger partial charge on any atom is -0.493 e. The highest BCUT2D eigenvalue weighted by Gasteiger charge is 2.23. The van der Waals surface area contributed by atoms with E-state index in [2.05, 4.69) is 0 Å². The van der Waals surface area contributed by atoms with E-state index >= 15 is 0 Å². The van der Waals surface area contributed by atoms with Crippen molar-refractivity contribution in [2.75, 3.05) is 27.9 Å². The highest BCUT2D eigenvalue weighted by Crippen LogP contribution is 2.38. The first-order valence-corrected chi connectivity index (χ1v) is 8.18. The minimum absolute atomic E-state index is 0.0623. The molecule has 1 aromatic carbocycles. The molecule has 1 saturated carbocycles. The van der Waals surface area contributed by atoms with Gasteiger partial charge in [0.1, 0.15) is 0 Å². The molecule has 1 amide bonds. The van der Waals surface area contributed by atoms with Gasteiger partial charge in [0.2, 0.25) is 12.2 Å². The molecule has 1 aliphatic rings. The summed E-state index contributed by atoms with van der Waals surface area (Å²) >= 11 is 0. The zero-order chi connectivity index (χ0) is 17.5. The molecule has 0 unspecified atom stereocenters. The Balaban J connectivity index is 2.20. The number of Topliss-reactive ketones (excluding diaryl/α,β-unsaturated/α-hetero) is 1. The van der Waals surface area contributed by atoms with Crippen LogP contribution in [0.15, 0.2) is 12.1 Å². The second kappa shape index (κ2) is 8.57. The van der Waals surface area contributed by atoms with Crippen molar-refractivity contribution >= 4 is 12.2 Å². The number of carbonyl (C=O) groups is 2. The second-order valence-electron chi connectivity index (χ2n) is 5.91. The first-order chi connectivity index (χ1) is 11.6. The number of carbonyl (C=O) groups excluding carboxylic acids is 2. The van der Waals surface area contributed by atoms with Gasteiger partial charge in [0.25, 0.3) is 0 Å². The van der Waals surface area contributed by atoms with Gasteiger partial charge in [-0.05, 0) is 25.0 Å². The van der Waals surface area contributed by atoms with Crippen LogP contribution in [0.25, 0.3) is 0 Å². The van der Waals surface area contributed by atoms with Crippen LogP contribution < -0.4 is 14.2 Å². The molecular formula is C18H25NO5. The Hall–Kier alpha value is -2.24. The van der Waals surface area contributed by atoms with Gasteiger partial charge < -0.3 is 19.1 Å². The standard InChI is InChI=1S/C18H25NO5/c1-22-16-9-13(10-17(23-2)18(16)24-3)15(21)11-19(12-20)14-7-5-4-6-8-14/h9-10,12,14H,4-8,11H2,1-3H3. The Bertz CT molecular complexity index is 556. The molecule has 6 heteroatoms. The molecule has 0 saturated heterocycles. The first kappa shape index (κ1) is 18.1. The van der Waals surface area contributed by atoms with Crippen molar-refractivity contribution in [3.8, 4) is 17.2 Å². The van der Waals surface area contributed by atoms with Gasteiger partial charge in [-0.25, -0.2) is 0 Å². The van der Waals surface area contributed by atoms with Crippen molar-refractivity contribution in [3.05, 3.63) is 17.7 Å². The number of ketones is 1. The number of rotatable bonds is 8. The largest absolute Gasteiger partial charge is 0.493 e. The van der Waals surface area contributed by atoms with Crippen LogP contribution in [0.1, 0.15) is 42.5 Å². The third kappa shape index (κ3) is 3.99. The predicted molar refractivity (Wildman–Crippen MR) is 90.1 cm³/mol. The van der Waals surface area contributed by atoms with Crippen LogP contribution in [0.3, 0.4) is 0 Å². The molecule has 1 aliphatic carbocycles. The monoisotopic (exact) mass is 335 g/mol. The van der Waals surface area contributed by atoms with Crippen LogP contribution >= 0.6 is 0 Å². The summed E-state index contributed by atoms with van der Waals surface area (Å²) in [5.41, 5.74) is 0.437. The fourth-order valence-electron chi connectivity index (χ4n) is 3.16. The molecule has 0 heterocycles. The molecule has 24 heavy (non-hydrogen) atoms. The number of methoxy groups -OCH3 is 3. The molecule has 0 aromatic heterocycles. The second-order valence-corrected chi connectivity index (χ2v) is 5.91.